The van der Waals surface area contributed by atoms with Gasteiger partial charge in [0.05, 0.1) is 24.6 Å². The van der Waals surface area contributed by atoms with E-state index in [1.54, 1.807) is 0 Å². The summed E-state index contributed by atoms with van der Waals surface area (Å²) < 4.78 is 2.89. The monoisotopic (exact) mass is 571 g/mol. The van der Waals surface area contributed by atoms with Gasteiger partial charge in [-0.3, -0.25) is 0 Å². The van der Waals surface area contributed by atoms with Crippen LogP contribution in [0.4, 0.5) is 0 Å². The summed E-state index contributed by atoms with van der Waals surface area (Å²) in [5, 5.41) is 2.64. The average molecular weight is 572 g/mol. The predicted molar refractivity (Wildman–Crippen MR) is 181 cm³/mol. The average Bonchev–Trinajstić information content (AvgIpc) is 3.31. The van der Waals surface area contributed by atoms with Crippen molar-refractivity contribution in [3.05, 3.63) is 181 Å². The molecule has 206 valence electrons. The summed E-state index contributed by atoms with van der Waals surface area (Å²) in [5.74, 6) is 0. The minimum atomic E-state index is -2.30. The lowest BCUT2D eigenvalue weighted by molar-refractivity contribution is 0.621. The van der Waals surface area contributed by atoms with Crippen LogP contribution in [0.15, 0.2) is 146 Å². The van der Waals surface area contributed by atoms with Crippen LogP contribution >= 0.6 is 14.8 Å². The number of unbranched alkanes of at least 4 members (excludes halogenated alkanes) is 1. The molecule has 0 spiro atoms. The van der Waals surface area contributed by atoms with Crippen molar-refractivity contribution in [1.82, 2.24) is 4.44 Å². The Morgan fingerprint density at radius 1 is 0.585 bits per heavy atom. The van der Waals surface area contributed by atoms with Crippen LogP contribution in [0.5, 0.6) is 0 Å². The van der Waals surface area contributed by atoms with E-state index in [1.165, 1.54) is 32.9 Å². The molecule has 41 heavy (non-hydrogen) atoms. The summed E-state index contributed by atoms with van der Waals surface area (Å²) in [5.41, 5.74) is 5.94. The maximum atomic E-state index is 5.49. The van der Waals surface area contributed by atoms with Gasteiger partial charge in [-0.1, -0.05) is 135 Å². The third kappa shape index (κ3) is 4.89. The second-order valence-electron chi connectivity index (χ2n) is 11.0. The van der Waals surface area contributed by atoms with Crippen molar-refractivity contribution in [2.24, 2.45) is 0 Å². The van der Waals surface area contributed by atoms with E-state index in [0.717, 1.165) is 19.4 Å². The summed E-state index contributed by atoms with van der Waals surface area (Å²) in [6.07, 6.45) is 2.23. The van der Waals surface area contributed by atoms with Crippen molar-refractivity contribution in [2.75, 3.05) is 6.54 Å². The molecule has 0 bridgehead atoms. The summed E-state index contributed by atoms with van der Waals surface area (Å²) in [6, 6.07) is 53.6. The van der Waals surface area contributed by atoms with Gasteiger partial charge in [0, 0.05) is 18.5 Å². The second kappa shape index (κ2) is 12.0. The Labute approximate surface area is 248 Å². The molecule has 0 unspecified atom stereocenters. The zero-order valence-corrected chi connectivity index (χ0v) is 25.7. The van der Waals surface area contributed by atoms with E-state index in [9.17, 15) is 0 Å². The van der Waals surface area contributed by atoms with E-state index in [-0.39, 0.29) is 11.3 Å². The van der Waals surface area contributed by atoms with Crippen LogP contribution in [0, 0.1) is 13.3 Å². The van der Waals surface area contributed by atoms with Crippen LogP contribution in [0.1, 0.15) is 53.3 Å². The van der Waals surface area contributed by atoms with Gasteiger partial charge in [-0.25, -0.2) is 0 Å². The quantitative estimate of drug-likeness (QED) is 0.126. The lowest BCUT2D eigenvalue weighted by Gasteiger charge is -2.51. The Balaban J connectivity index is 1.69. The third-order valence-electron chi connectivity index (χ3n) is 8.61. The first-order chi connectivity index (χ1) is 20.1. The van der Waals surface area contributed by atoms with Gasteiger partial charge >= 0.3 is 0 Å². The highest BCUT2D eigenvalue weighted by atomic mass is 31.2. The maximum Gasteiger partial charge on any atom is 0.113 e. The SMILES string of the molecule is [CH2-][P+](c1ccccc1)(c1ccccc1)N(CCCC)[P+]1([CH2-])[C@H](c2ccccc2)c2ccccc2[C@H]1c1ccccc1. The van der Waals surface area contributed by atoms with Gasteiger partial charge in [-0.2, -0.15) is 6.66 Å². The minimum absolute atomic E-state index is 0.190. The second-order valence-corrected chi connectivity index (χ2v) is 17.7. The normalized spacial score (nSPS) is 17.9. The van der Waals surface area contributed by atoms with E-state index >= 15 is 0 Å². The van der Waals surface area contributed by atoms with E-state index in [1.807, 2.05) is 0 Å². The van der Waals surface area contributed by atoms with Gasteiger partial charge in [0.25, 0.3) is 0 Å². The molecule has 0 saturated carbocycles. The van der Waals surface area contributed by atoms with Crippen molar-refractivity contribution in [3.8, 4) is 0 Å². The molecule has 2 atom stereocenters. The first-order valence-electron chi connectivity index (χ1n) is 14.6. The van der Waals surface area contributed by atoms with Crippen LogP contribution in [0.3, 0.4) is 0 Å². The van der Waals surface area contributed by atoms with E-state index in [4.69, 9.17) is 13.3 Å². The molecule has 5 aromatic rings. The van der Waals surface area contributed by atoms with Gasteiger partial charge in [0.2, 0.25) is 0 Å². The van der Waals surface area contributed by atoms with Crippen LogP contribution in [0.2, 0.25) is 0 Å². The fraction of sp³-hybridized carbons (Fsp3) is 0.158. The molecular formula is C38H39NP2. The van der Waals surface area contributed by atoms with Crippen molar-refractivity contribution >= 4 is 25.4 Å². The molecule has 5 aromatic carbocycles. The fourth-order valence-electron chi connectivity index (χ4n) is 6.76. The van der Waals surface area contributed by atoms with Gasteiger partial charge in [0.15, 0.2) is 0 Å². The predicted octanol–water partition coefficient (Wildman–Crippen LogP) is 10.1. The molecule has 0 saturated heterocycles. The Kier molecular flexibility index (Phi) is 8.23. The topological polar surface area (TPSA) is 3.24 Å². The molecular weight excluding hydrogens is 532 g/mol. The highest BCUT2D eigenvalue weighted by Crippen LogP contribution is 2.92. The van der Waals surface area contributed by atoms with E-state index in [0.29, 0.717) is 0 Å². The number of nitrogens with zero attached hydrogens (tertiary/aromatic N) is 1. The molecule has 0 N–H and O–H groups in total. The van der Waals surface area contributed by atoms with Crippen LogP contribution in [0.25, 0.3) is 0 Å². The van der Waals surface area contributed by atoms with Crippen molar-refractivity contribution < 1.29 is 0 Å². The van der Waals surface area contributed by atoms with E-state index < -0.39 is 14.8 Å². The standard InChI is InChI=1S/C38H39NP2/c1-4-5-30-39(40(2,33-24-14-8-15-25-33)34-26-16-9-17-27-34)41(3)37(31-20-10-6-11-21-31)35-28-18-19-29-36(35)38(41)32-22-12-7-13-23-32/h6-29,37-38H,2-5,30H2,1H3/t37-,38-/m1/s1. The molecule has 1 aliphatic heterocycles. The Morgan fingerprint density at radius 3 is 1.34 bits per heavy atom. The van der Waals surface area contributed by atoms with Crippen LogP contribution in [-0.2, 0) is 0 Å². The Bertz CT molecular complexity index is 1450. The van der Waals surface area contributed by atoms with Crippen molar-refractivity contribution in [2.45, 2.75) is 31.1 Å². The molecule has 0 amide bonds. The van der Waals surface area contributed by atoms with Gasteiger partial charge < -0.3 is 0 Å². The third-order valence-corrected chi connectivity index (χ3v) is 17.8. The van der Waals surface area contributed by atoms with Crippen molar-refractivity contribution in [3.63, 3.8) is 0 Å². The highest BCUT2D eigenvalue weighted by Gasteiger charge is 2.62. The van der Waals surface area contributed by atoms with Crippen LogP contribution < -0.4 is 10.6 Å². The first-order valence-corrected chi connectivity index (χ1v) is 18.6. The van der Waals surface area contributed by atoms with Gasteiger partial charge in [0.1, 0.15) is 11.3 Å². The smallest absolute Gasteiger partial charge is 0.113 e. The summed E-state index contributed by atoms with van der Waals surface area (Å²) in [6.45, 7) is 14.1. The molecule has 0 aromatic heterocycles. The van der Waals surface area contributed by atoms with Crippen LogP contribution in [-0.4, -0.2) is 11.0 Å². The molecule has 0 fully saturated rings. The number of hydrogen-bond donors (Lipinski definition) is 0. The Morgan fingerprint density at radius 2 is 0.951 bits per heavy atom. The molecule has 1 heterocycles. The lowest BCUT2D eigenvalue weighted by atomic mass is 9.95. The molecule has 0 radical (unpaired) electrons. The lowest BCUT2D eigenvalue weighted by Crippen LogP contribution is -2.37. The number of rotatable bonds is 9. The molecule has 1 nitrogen and oxygen atoms in total. The Hall–Kier alpha value is -3.08. The highest BCUT2D eigenvalue weighted by molar-refractivity contribution is 7.97. The van der Waals surface area contributed by atoms with Gasteiger partial charge in [-0.05, 0) is 41.8 Å². The molecule has 1 aliphatic rings. The summed E-state index contributed by atoms with van der Waals surface area (Å²) in [4.78, 5) is 0. The minimum Gasteiger partial charge on any atom is -0.158 e. The zero-order chi connectivity index (χ0) is 28.3. The summed E-state index contributed by atoms with van der Waals surface area (Å²) >= 11 is 0. The first kappa shape index (κ1) is 28.1. The molecule has 3 heteroatoms. The van der Waals surface area contributed by atoms with E-state index in [2.05, 4.69) is 157 Å². The summed E-state index contributed by atoms with van der Waals surface area (Å²) in [7, 11) is -4.59. The van der Waals surface area contributed by atoms with Gasteiger partial charge in [-0.15, -0.1) is 11.1 Å². The molecule has 0 aliphatic carbocycles. The molecule has 6 rings (SSSR count). The fourth-order valence-corrected chi connectivity index (χ4v) is 17.1. The number of hydrogen-bond acceptors (Lipinski definition) is 1. The largest absolute Gasteiger partial charge is 0.158 e. The number of fused-ring (bicyclic) bond motifs is 1. The maximum absolute atomic E-state index is 5.49. The zero-order valence-electron chi connectivity index (χ0n) is 23.9. The number of benzene rings is 5. The van der Waals surface area contributed by atoms with Crippen molar-refractivity contribution in [1.29, 1.82) is 0 Å².